The summed E-state index contributed by atoms with van der Waals surface area (Å²) in [6, 6.07) is 6.01. The number of aliphatic hydroxyl groups is 2. The molecule has 6 heteroatoms. The molecule has 1 heterocycles. The highest BCUT2D eigenvalue weighted by molar-refractivity contribution is 7.99. The first-order chi connectivity index (χ1) is 14.5. The van der Waals surface area contributed by atoms with Gasteiger partial charge in [0.2, 0.25) is 0 Å². The van der Waals surface area contributed by atoms with Gasteiger partial charge in [0.25, 0.3) is 0 Å². The second-order valence-corrected chi connectivity index (χ2v) is 9.00. The summed E-state index contributed by atoms with van der Waals surface area (Å²) in [6.45, 7) is 1.79. The van der Waals surface area contributed by atoms with Gasteiger partial charge in [-0.2, -0.15) is 11.8 Å². The van der Waals surface area contributed by atoms with Gasteiger partial charge in [-0.05, 0) is 31.6 Å². The smallest absolute Gasteiger partial charge is 0.303 e. The number of carboxylic acids is 1. The number of thioether (sulfide) groups is 1. The van der Waals surface area contributed by atoms with Crippen molar-refractivity contribution in [3.8, 4) is 17.6 Å². The van der Waals surface area contributed by atoms with E-state index in [2.05, 4.69) is 11.8 Å². The van der Waals surface area contributed by atoms with Gasteiger partial charge in [0.1, 0.15) is 11.9 Å². The van der Waals surface area contributed by atoms with Gasteiger partial charge in [0.05, 0.1) is 12.2 Å². The third-order valence-electron chi connectivity index (χ3n) is 6.02. The lowest BCUT2D eigenvalue weighted by Gasteiger charge is -2.20. The zero-order valence-corrected chi connectivity index (χ0v) is 18.3. The van der Waals surface area contributed by atoms with E-state index in [9.17, 15) is 15.0 Å². The zero-order chi connectivity index (χ0) is 21.7. The van der Waals surface area contributed by atoms with Crippen LogP contribution < -0.4 is 4.74 Å². The number of hydrogen-bond acceptors (Lipinski definition) is 5. The Labute approximate surface area is 182 Å². The molecule has 3 N–H and O–H groups in total. The lowest BCUT2D eigenvalue weighted by atomic mass is 9.86. The van der Waals surface area contributed by atoms with Crippen LogP contribution in [0.1, 0.15) is 49.7 Å². The summed E-state index contributed by atoms with van der Waals surface area (Å²) in [4.78, 5) is 10.8. The molecule has 3 rings (SSSR count). The van der Waals surface area contributed by atoms with Gasteiger partial charge in [-0.3, -0.25) is 4.79 Å². The maximum atomic E-state index is 10.8. The molecule has 1 aromatic carbocycles. The van der Waals surface area contributed by atoms with Crippen molar-refractivity contribution in [3.05, 3.63) is 41.5 Å². The maximum absolute atomic E-state index is 10.8. The van der Waals surface area contributed by atoms with Crippen LogP contribution in [0.15, 0.2) is 30.4 Å². The Kier molecular flexibility index (Phi) is 7.87. The second kappa shape index (κ2) is 10.4. The Hall–Kier alpha value is -1.94. The van der Waals surface area contributed by atoms with Crippen molar-refractivity contribution in [2.75, 3.05) is 6.26 Å². The highest BCUT2D eigenvalue weighted by atomic mass is 32.2. The van der Waals surface area contributed by atoms with Crippen molar-refractivity contribution < 1.29 is 24.9 Å². The van der Waals surface area contributed by atoms with E-state index in [1.165, 1.54) is 0 Å². The molecule has 0 bridgehead atoms. The Morgan fingerprint density at radius 2 is 2.23 bits per heavy atom. The Morgan fingerprint density at radius 3 is 2.93 bits per heavy atom. The average molecular weight is 431 g/mol. The molecular weight excluding hydrogens is 400 g/mol. The van der Waals surface area contributed by atoms with Crippen LogP contribution in [-0.2, 0) is 11.2 Å². The molecule has 2 unspecified atom stereocenters. The number of aliphatic hydroxyl groups excluding tert-OH is 2. The van der Waals surface area contributed by atoms with Gasteiger partial charge >= 0.3 is 5.97 Å². The lowest BCUT2D eigenvalue weighted by Crippen LogP contribution is -2.22. The van der Waals surface area contributed by atoms with Crippen LogP contribution in [0.2, 0.25) is 0 Å². The topological polar surface area (TPSA) is 87.0 Å². The summed E-state index contributed by atoms with van der Waals surface area (Å²) in [7, 11) is 0. The predicted molar refractivity (Wildman–Crippen MR) is 119 cm³/mol. The van der Waals surface area contributed by atoms with Crippen molar-refractivity contribution in [3.63, 3.8) is 0 Å². The maximum Gasteiger partial charge on any atom is 0.303 e. The summed E-state index contributed by atoms with van der Waals surface area (Å²) in [6.07, 6.45) is 6.99. The number of fused-ring (bicyclic) bond motifs is 3. The van der Waals surface area contributed by atoms with Crippen LogP contribution >= 0.6 is 11.8 Å². The molecule has 2 aliphatic rings. The predicted octanol–water partition coefficient (Wildman–Crippen LogP) is 3.38. The summed E-state index contributed by atoms with van der Waals surface area (Å²) in [5.74, 6) is 5.87. The van der Waals surface area contributed by atoms with Gasteiger partial charge < -0.3 is 20.1 Å². The van der Waals surface area contributed by atoms with Crippen molar-refractivity contribution in [2.24, 2.45) is 5.92 Å². The fourth-order valence-electron chi connectivity index (χ4n) is 4.51. The molecule has 6 atom stereocenters. The van der Waals surface area contributed by atoms with Crippen molar-refractivity contribution in [1.29, 1.82) is 0 Å². The van der Waals surface area contributed by atoms with Crippen LogP contribution in [0, 0.1) is 17.8 Å². The van der Waals surface area contributed by atoms with E-state index in [0.29, 0.717) is 25.7 Å². The number of carbonyl (C=O) groups is 1. The fraction of sp³-hybridized carbons (Fsp3) is 0.542. The minimum Gasteiger partial charge on any atom is -0.489 e. The number of aliphatic carboxylic acids is 1. The molecule has 1 aromatic rings. The summed E-state index contributed by atoms with van der Waals surface area (Å²) < 4.78 is 6.22. The summed E-state index contributed by atoms with van der Waals surface area (Å²) in [5, 5.41) is 30.1. The standard InChI is InChI=1S/C24H30O5S/c1-3-4-10-21(30-2)18(25)13-12-16-19(26)14-20-23(16)17-9-5-7-15(24(17)29-20)8-6-11-22(27)28/h5,7,9,12-13,16,18-21,23,25-26H,6,8,10-11,14H2,1-2H3,(H,27,28)/b13-12+/t16?,18-,19-,20+,21?,23+/m1/s1. The first-order valence-corrected chi connectivity index (χ1v) is 11.7. The molecule has 0 spiro atoms. The van der Waals surface area contributed by atoms with Crippen molar-refractivity contribution in [2.45, 2.75) is 68.5 Å². The van der Waals surface area contributed by atoms with Crippen LogP contribution in [-0.4, -0.2) is 51.1 Å². The molecule has 30 heavy (non-hydrogen) atoms. The molecule has 1 aliphatic carbocycles. The summed E-state index contributed by atoms with van der Waals surface area (Å²) >= 11 is 1.59. The Bertz CT molecular complexity index is 840. The fourth-order valence-corrected chi connectivity index (χ4v) is 5.13. The molecule has 1 fully saturated rings. The molecular formula is C24H30O5S. The minimum absolute atomic E-state index is 0.00371. The second-order valence-electron chi connectivity index (χ2n) is 7.93. The van der Waals surface area contributed by atoms with Gasteiger partial charge in [0.15, 0.2) is 0 Å². The van der Waals surface area contributed by atoms with Crippen molar-refractivity contribution >= 4 is 17.7 Å². The molecule has 162 valence electrons. The van der Waals surface area contributed by atoms with Crippen LogP contribution in [0.25, 0.3) is 0 Å². The Balaban J connectivity index is 1.76. The number of carboxylic acid groups (broad SMARTS) is 1. The van der Waals surface area contributed by atoms with E-state index in [4.69, 9.17) is 9.84 Å². The third-order valence-corrected chi connectivity index (χ3v) is 7.07. The largest absolute Gasteiger partial charge is 0.489 e. The quantitative estimate of drug-likeness (QED) is 0.411. The first kappa shape index (κ1) is 22.7. The number of rotatable bonds is 9. The normalized spacial score (nSPS) is 26.4. The number of hydrogen-bond donors (Lipinski definition) is 3. The minimum atomic E-state index is -0.791. The highest BCUT2D eigenvalue weighted by Gasteiger charge is 2.48. The van der Waals surface area contributed by atoms with Gasteiger partial charge in [0, 0.05) is 41.9 Å². The van der Waals surface area contributed by atoms with E-state index in [-0.39, 0.29) is 29.6 Å². The average Bonchev–Trinajstić information content (AvgIpc) is 3.22. The number of aryl methyl sites for hydroxylation is 1. The summed E-state index contributed by atoms with van der Waals surface area (Å²) in [5.41, 5.74) is 2.10. The number of para-hydroxylation sites is 1. The van der Waals surface area contributed by atoms with Gasteiger partial charge in [-0.15, -0.1) is 11.8 Å². The molecule has 0 aromatic heterocycles. The first-order valence-electron chi connectivity index (χ1n) is 10.4. The molecule has 0 saturated heterocycles. The third kappa shape index (κ3) is 5.03. The van der Waals surface area contributed by atoms with E-state index in [1.54, 1.807) is 24.8 Å². The number of ether oxygens (including phenoxy) is 1. The number of benzene rings is 1. The van der Waals surface area contributed by atoms with E-state index in [1.807, 2.05) is 30.5 Å². The highest BCUT2D eigenvalue weighted by Crippen LogP contribution is 2.52. The molecule has 1 aliphatic heterocycles. The molecule has 1 saturated carbocycles. The van der Waals surface area contributed by atoms with Gasteiger partial charge in [-0.25, -0.2) is 0 Å². The molecule has 5 nitrogen and oxygen atoms in total. The van der Waals surface area contributed by atoms with Crippen LogP contribution in [0.5, 0.6) is 5.75 Å². The lowest BCUT2D eigenvalue weighted by molar-refractivity contribution is -0.137. The zero-order valence-electron chi connectivity index (χ0n) is 17.5. The van der Waals surface area contributed by atoms with Gasteiger partial charge in [-0.1, -0.05) is 30.4 Å². The molecule has 0 amide bonds. The van der Waals surface area contributed by atoms with E-state index < -0.39 is 18.2 Å². The van der Waals surface area contributed by atoms with E-state index >= 15 is 0 Å². The monoisotopic (exact) mass is 430 g/mol. The van der Waals surface area contributed by atoms with E-state index in [0.717, 1.165) is 16.9 Å². The molecule has 0 radical (unpaired) electrons. The van der Waals surface area contributed by atoms with Crippen LogP contribution in [0.4, 0.5) is 0 Å². The SMILES string of the molecule is CC#CCC(SC)[C@H](O)/C=C/C1[C@H](O)C[C@@H]2Oc3c(CCCC(=O)O)cccc3[C@H]12. The van der Waals surface area contributed by atoms with Crippen LogP contribution in [0.3, 0.4) is 0 Å². The Morgan fingerprint density at radius 1 is 1.43 bits per heavy atom. The van der Waals surface area contributed by atoms with Crippen molar-refractivity contribution in [1.82, 2.24) is 0 Å².